The fourth-order valence-electron chi connectivity index (χ4n) is 1.85. The summed E-state index contributed by atoms with van der Waals surface area (Å²) in [6.45, 7) is 1.56. The molecule has 0 spiro atoms. The van der Waals surface area contributed by atoms with E-state index in [0.29, 0.717) is 18.8 Å². The number of carbonyl (C=O) groups is 2. The van der Waals surface area contributed by atoms with Crippen LogP contribution in [0.25, 0.3) is 0 Å². The molecule has 2 rings (SSSR count). The Morgan fingerprint density at radius 3 is 2.89 bits per heavy atom. The SMILES string of the molecule is O=C(CC1CCOC1)NCc1ccc(C(=O)O)o1. The number of amides is 1. The summed E-state index contributed by atoms with van der Waals surface area (Å²) in [5.41, 5.74) is 0. The summed E-state index contributed by atoms with van der Waals surface area (Å²) in [5, 5.41) is 11.4. The lowest BCUT2D eigenvalue weighted by molar-refractivity contribution is -0.122. The third-order valence-electron chi connectivity index (χ3n) is 2.83. The zero-order valence-corrected chi connectivity index (χ0v) is 9.85. The van der Waals surface area contributed by atoms with Gasteiger partial charge in [0, 0.05) is 19.6 Å². The van der Waals surface area contributed by atoms with E-state index in [9.17, 15) is 9.59 Å². The Balaban J connectivity index is 1.76. The van der Waals surface area contributed by atoms with Crippen LogP contribution in [0.2, 0.25) is 0 Å². The van der Waals surface area contributed by atoms with Crippen molar-refractivity contribution < 1.29 is 23.8 Å². The number of nitrogens with one attached hydrogen (secondary N) is 1. The topological polar surface area (TPSA) is 88.8 Å². The maximum atomic E-state index is 11.6. The summed E-state index contributed by atoms with van der Waals surface area (Å²) < 4.78 is 10.2. The predicted molar refractivity (Wildman–Crippen MR) is 61.1 cm³/mol. The highest BCUT2D eigenvalue weighted by Gasteiger charge is 2.19. The highest BCUT2D eigenvalue weighted by molar-refractivity contribution is 5.84. The molecule has 1 aliphatic rings. The summed E-state index contributed by atoms with van der Waals surface area (Å²) in [6, 6.07) is 2.91. The second kappa shape index (κ2) is 5.68. The van der Waals surface area contributed by atoms with Gasteiger partial charge in [0.25, 0.3) is 0 Å². The van der Waals surface area contributed by atoms with E-state index >= 15 is 0 Å². The van der Waals surface area contributed by atoms with Crippen LogP contribution in [0.15, 0.2) is 16.5 Å². The van der Waals surface area contributed by atoms with Gasteiger partial charge in [0.15, 0.2) is 0 Å². The normalized spacial score (nSPS) is 18.8. The summed E-state index contributed by atoms with van der Waals surface area (Å²) in [6.07, 6.45) is 1.35. The lowest BCUT2D eigenvalue weighted by Gasteiger charge is -2.07. The number of carboxylic acids is 1. The minimum absolute atomic E-state index is 0.0706. The molecule has 1 unspecified atom stereocenters. The van der Waals surface area contributed by atoms with Crippen molar-refractivity contribution in [2.24, 2.45) is 5.92 Å². The minimum atomic E-state index is -1.12. The molecule has 18 heavy (non-hydrogen) atoms. The van der Waals surface area contributed by atoms with Gasteiger partial charge in [-0.25, -0.2) is 4.79 Å². The van der Waals surface area contributed by atoms with Crippen molar-refractivity contribution in [3.05, 3.63) is 23.7 Å². The molecule has 0 aliphatic carbocycles. The Kier molecular flexibility index (Phi) is 3.99. The van der Waals surface area contributed by atoms with E-state index in [1.807, 2.05) is 0 Å². The minimum Gasteiger partial charge on any atom is -0.475 e. The summed E-state index contributed by atoms with van der Waals surface area (Å²) >= 11 is 0. The number of furan rings is 1. The van der Waals surface area contributed by atoms with Crippen LogP contribution in [0.1, 0.15) is 29.2 Å². The number of carboxylic acid groups (broad SMARTS) is 1. The van der Waals surface area contributed by atoms with E-state index in [0.717, 1.165) is 13.0 Å². The van der Waals surface area contributed by atoms with Crippen molar-refractivity contribution in [1.29, 1.82) is 0 Å². The molecule has 1 aliphatic heterocycles. The van der Waals surface area contributed by atoms with E-state index in [1.54, 1.807) is 6.07 Å². The molecule has 1 aromatic rings. The first kappa shape index (κ1) is 12.6. The molecule has 1 fully saturated rings. The van der Waals surface area contributed by atoms with Crippen molar-refractivity contribution in [2.45, 2.75) is 19.4 Å². The van der Waals surface area contributed by atoms with Gasteiger partial charge in [-0.15, -0.1) is 0 Å². The average Bonchev–Trinajstić information content (AvgIpc) is 2.96. The smallest absolute Gasteiger partial charge is 0.371 e. The molecule has 2 heterocycles. The van der Waals surface area contributed by atoms with Crippen LogP contribution in [0.5, 0.6) is 0 Å². The van der Waals surface area contributed by atoms with E-state index in [1.165, 1.54) is 6.07 Å². The molecule has 1 atom stereocenters. The molecule has 98 valence electrons. The molecular formula is C12H15NO5. The summed E-state index contributed by atoms with van der Waals surface area (Å²) in [7, 11) is 0. The molecule has 6 nitrogen and oxygen atoms in total. The first-order valence-corrected chi connectivity index (χ1v) is 5.81. The summed E-state index contributed by atoms with van der Waals surface area (Å²) in [5.74, 6) is -0.586. The van der Waals surface area contributed by atoms with Crippen molar-refractivity contribution in [2.75, 3.05) is 13.2 Å². The average molecular weight is 253 g/mol. The third-order valence-corrected chi connectivity index (χ3v) is 2.83. The molecular weight excluding hydrogens is 238 g/mol. The Labute approximate surface area is 104 Å². The van der Waals surface area contributed by atoms with Gasteiger partial charge in [-0.2, -0.15) is 0 Å². The van der Waals surface area contributed by atoms with Crippen molar-refractivity contribution in [3.63, 3.8) is 0 Å². The van der Waals surface area contributed by atoms with Crippen molar-refractivity contribution in [1.82, 2.24) is 5.32 Å². The van der Waals surface area contributed by atoms with Crippen LogP contribution in [-0.2, 0) is 16.1 Å². The lowest BCUT2D eigenvalue weighted by atomic mass is 10.1. The molecule has 1 aromatic heterocycles. The zero-order valence-electron chi connectivity index (χ0n) is 9.85. The first-order chi connectivity index (χ1) is 8.65. The highest BCUT2D eigenvalue weighted by atomic mass is 16.5. The van der Waals surface area contributed by atoms with Crippen LogP contribution >= 0.6 is 0 Å². The Bertz CT molecular complexity index is 433. The van der Waals surface area contributed by atoms with E-state index in [-0.39, 0.29) is 24.1 Å². The largest absolute Gasteiger partial charge is 0.475 e. The Morgan fingerprint density at radius 1 is 1.44 bits per heavy atom. The number of ether oxygens (including phenoxy) is 1. The zero-order chi connectivity index (χ0) is 13.0. The quantitative estimate of drug-likeness (QED) is 0.817. The number of aromatic carboxylic acids is 1. The standard InChI is InChI=1S/C12H15NO5/c14-11(5-8-3-4-17-7-8)13-6-9-1-2-10(18-9)12(15)16/h1-2,8H,3-7H2,(H,13,14)(H,15,16). The second-order valence-electron chi connectivity index (χ2n) is 4.28. The molecule has 0 saturated carbocycles. The molecule has 1 saturated heterocycles. The predicted octanol–water partition coefficient (Wildman–Crippen LogP) is 1.02. The molecule has 2 N–H and O–H groups in total. The van der Waals surface area contributed by atoms with Gasteiger partial charge in [0.1, 0.15) is 5.76 Å². The van der Waals surface area contributed by atoms with Gasteiger partial charge in [-0.1, -0.05) is 0 Å². The van der Waals surface area contributed by atoms with E-state index in [2.05, 4.69) is 5.32 Å². The van der Waals surface area contributed by atoms with E-state index in [4.69, 9.17) is 14.3 Å². The number of hydrogen-bond donors (Lipinski definition) is 2. The molecule has 0 radical (unpaired) electrons. The van der Waals surface area contributed by atoms with Gasteiger partial charge in [0.2, 0.25) is 11.7 Å². The Hall–Kier alpha value is -1.82. The Morgan fingerprint density at radius 2 is 2.28 bits per heavy atom. The second-order valence-corrected chi connectivity index (χ2v) is 4.28. The van der Waals surface area contributed by atoms with Gasteiger partial charge < -0.3 is 19.6 Å². The van der Waals surface area contributed by atoms with Crippen molar-refractivity contribution in [3.8, 4) is 0 Å². The van der Waals surface area contributed by atoms with Crippen LogP contribution in [0.3, 0.4) is 0 Å². The summed E-state index contributed by atoms with van der Waals surface area (Å²) in [4.78, 5) is 22.2. The van der Waals surface area contributed by atoms with Gasteiger partial charge in [-0.3, -0.25) is 4.79 Å². The van der Waals surface area contributed by atoms with Crippen LogP contribution in [0.4, 0.5) is 0 Å². The monoisotopic (exact) mass is 253 g/mol. The fourth-order valence-corrected chi connectivity index (χ4v) is 1.85. The molecule has 6 heteroatoms. The van der Waals surface area contributed by atoms with Gasteiger partial charge in [0.05, 0.1) is 6.54 Å². The lowest BCUT2D eigenvalue weighted by Crippen LogP contribution is -2.25. The first-order valence-electron chi connectivity index (χ1n) is 5.81. The number of rotatable bonds is 5. The van der Waals surface area contributed by atoms with Crippen molar-refractivity contribution >= 4 is 11.9 Å². The molecule has 0 aromatic carbocycles. The molecule has 0 bridgehead atoms. The fraction of sp³-hybridized carbons (Fsp3) is 0.500. The number of carbonyl (C=O) groups excluding carboxylic acids is 1. The number of hydrogen-bond acceptors (Lipinski definition) is 4. The van der Waals surface area contributed by atoms with Crippen LogP contribution < -0.4 is 5.32 Å². The maximum absolute atomic E-state index is 11.6. The maximum Gasteiger partial charge on any atom is 0.371 e. The van der Waals surface area contributed by atoms with Crippen LogP contribution in [0, 0.1) is 5.92 Å². The highest BCUT2D eigenvalue weighted by Crippen LogP contribution is 2.16. The third kappa shape index (κ3) is 3.33. The van der Waals surface area contributed by atoms with Gasteiger partial charge >= 0.3 is 5.97 Å². The van der Waals surface area contributed by atoms with E-state index < -0.39 is 5.97 Å². The van der Waals surface area contributed by atoms with Crippen LogP contribution in [-0.4, -0.2) is 30.2 Å². The molecule has 1 amide bonds. The van der Waals surface area contributed by atoms with Gasteiger partial charge in [-0.05, 0) is 24.5 Å².